The zero-order chi connectivity index (χ0) is 35.5. The summed E-state index contributed by atoms with van der Waals surface area (Å²) < 4.78 is 5.47. The molecule has 3 fully saturated rings. The van der Waals surface area contributed by atoms with E-state index in [0.29, 0.717) is 36.4 Å². The molecule has 0 bridgehead atoms. The van der Waals surface area contributed by atoms with Gasteiger partial charge in [0.15, 0.2) is 5.60 Å². The van der Waals surface area contributed by atoms with Crippen LogP contribution in [0.4, 0.5) is 0 Å². The summed E-state index contributed by atoms with van der Waals surface area (Å²) in [5, 5.41) is 13.5. The molecule has 12 nitrogen and oxygen atoms in total. The standard InChI is InChI=1S/C36H50ClN5O7/c1-6-8-26(29(43)33(46)38-24-13-14-24)39-32(45)28-19-36(18-27(41-49-36)22-9-7-10-23(37)17-22)20-42(28)34(47)30(35(2,3)4)40-31(44)21-11-15-25(48-5)16-12-21/h7,9-10,17,21,24-26,28,30H,6,8,11-16,18-20H2,1-5H3,(H,38,46)(H,39,45)(H,40,44)/t21-,25+,26-,28-,30+,36+/m0/s1. The lowest BCUT2D eigenvalue weighted by Crippen LogP contribution is -2.59. The number of carbonyl (C=O) groups is 5. The van der Waals surface area contributed by atoms with Crippen molar-refractivity contribution < 1.29 is 33.5 Å². The van der Waals surface area contributed by atoms with Gasteiger partial charge in [0.2, 0.25) is 23.5 Å². The molecular formula is C36H50ClN5O7. The summed E-state index contributed by atoms with van der Waals surface area (Å²) >= 11 is 6.25. The van der Waals surface area contributed by atoms with E-state index in [0.717, 1.165) is 31.2 Å². The van der Waals surface area contributed by atoms with Crippen LogP contribution in [0.25, 0.3) is 0 Å². The van der Waals surface area contributed by atoms with Gasteiger partial charge in [-0.1, -0.05) is 63.0 Å². The lowest BCUT2D eigenvalue weighted by atomic mass is 9.83. The first-order chi connectivity index (χ1) is 23.2. The van der Waals surface area contributed by atoms with E-state index >= 15 is 0 Å². The Bertz CT molecular complexity index is 1470. The Labute approximate surface area is 293 Å². The van der Waals surface area contributed by atoms with Gasteiger partial charge >= 0.3 is 0 Å². The van der Waals surface area contributed by atoms with E-state index in [-0.39, 0.29) is 43.4 Å². The van der Waals surface area contributed by atoms with Crippen molar-refractivity contribution in [2.24, 2.45) is 16.5 Å². The van der Waals surface area contributed by atoms with Gasteiger partial charge in [-0.15, -0.1) is 0 Å². The third-order valence-corrected chi connectivity index (χ3v) is 10.3. The van der Waals surface area contributed by atoms with Crippen LogP contribution in [0.3, 0.4) is 0 Å². The number of ether oxygens (including phenoxy) is 1. The first-order valence-electron chi connectivity index (χ1n) is 17.5. The van der Waals surface area contributed by atoms with Gasteiger partial charge in [-0.2, -0.15) is 0 Å². The number of oxime groups is 1. The van der Waals surface area contributed by atoms with Gasteiger partial charge < -0.3 is 30.4 Å². The van der Waals surface area contributed by atoms with Crippen LogP contribution in [0.15, 0.2) is 29.4 Å². The molecule has 0 radical (unpaired) electrons. The fourth-order valence-electron chi connectivity index (χ4n) is 7.06. The fraction of sp³-hybridized carbons (Fsp3) is 0.667. The number of benzene rings is 1. The molecule has 13 heteroatoms. The highest BCUT2D eigenvalue weighted by Crippen LogP contribution is 2.40. The average Bonchev–Trinajstić information content (AvgIpc) is 3.66. The Balaban J connectivity index is 1.39. The first kappa shape index (κ1) is 36.8. The second-order valence-corrected chi connectivity index (χ2v) is 15.6. The molecule has 2 heterocycles. The fourth-order valence-corrected chi connectivity index (χ4v) is 7.25. The van der Waals surface area contributed by atoms with Crippen LogP contribution in [0.2, 0.25) is 5.02 Å². The Morgan fingerprint density at radius 3 is 2.39 bits per heavy atom. The molecule has 2 aliphatic heterocycles. The summed E-state index contributed by atoms with van der Waals surface area (Å²) in [5.74, 6) is -2.86. The van der Waals surface area contributed by atoms with Gasteiger partial charge in [0, 0.05) is 42.5 Å². The summed E-state index contributed by atoms with van der Waals surface area (Å²) in [7, 11) is 1.68. The number of hydrogen-bond donors (Lipinski definition) is 3. The highest BCUT2D eigenvalue weighted by molar-refractivity contribution is 6.38. The molecule has 5 rings (SSSR count). The van der Waals surface area contributed by atoms with Crippen molar-refractivity contribution >= 4 is 46.7 Å². The molecule has 0 unspecified atom stereocenters. The van der Waals surface area contributed by atoms with Crippen molar-refractivity contribution in [3.05, 3.63) is 34.9 Å². The summed E-state index contributed by atoms with van der Waals surface area (Å²) in [4.78, 5) is 75.7. The highest BCUT2D eigenvalue weighted by atomic mass is 35.5. The maximum atomic E-state index is 14.6. The van der Waals surface area contributed by atoms with E-state index in [9.17, 15) is 24.0 Å². The molecule has 1 aromatic carbocycles. The minimum atomic E-state index is -1.05. The van der Waals surface area contributed by atoms with Crippen molar-refractivity contribution in [3.63, 3.8) is 0 Å². The SMILES string of the molecule is CCC[C@H](NC(=O)[C@@H]1C[C@]2(CC(c3cccc(Cl)c3)=NO2)CN1C(=O)[C@@H](NC(=O)[C@H]1CC[C@@H](OC)CC1)C(C)(C)C)C(=O)C(=O)NC1CC1. The molecule has 3 N–H and O–H groups in total. The minimum absolute atomic E-state index is 0.00926. The maximum absolute atomic E-state index is 14.6. The number of methoxy groups -OCH3 is 1. The van der Waals surface area contributed by atoms with Crippen LogP contribution in [0, 0.1) is 11.3 Å². The molecule has 2 aliphatic carbocycles. The van der Waals surface area contributed by atoms with Crippen molar-refractivity contribution in [2.75, 3.05) is 13.7 Å². The van der Waals surface area contributed by atoms with Crippen LogP contribution in [-0.2, 0) is 33.5 Å². The topological polar surface area (TPSA) is 156 Å². The lowest BCUT2D eigenvalue weighted by molar-refractivity contribution is -0.146. The second-order valence-electron chi connectivity index (χ2n) is 15.2. The molecule has 49 heavy (non-hydrogen) atoms. The second kappa shape index (κ2) is 15.2. The Morgan fingerprint density at radius 2 is 1.78 bits per heavy atom. The Kier molecular flexibility index (Phi) is 11.4. The molecule has 4 atom stereocenters. The normalized spacial score (nSPS) is 26.4. The number of nitrogens with one attached hydrogen (secondary N) is 3. The number of carbonyl (C=O) groups excluding carboxylic acids is 5. The molecule has 2 saturated carbocycles. The third kappa shape index (κ3) is 8.81. The number of halogens is 1. The van der Waals surface area contributed by atoms with E-state index in [1.165, 1.54) is 4.90 Å². The number of hydrogen-bond acceptors (Lipinski definition) is 8. The number of rotatable bonds is 12. The van der Waals surface area contributed by atoms with Gasteiger partial charge in [-0.25, -0.2) is 0 Å². The number of nitrogens with zero attached hydrogens (tertiary/aromatic N) is 2. The van der Waals surface area contributed by atoms with Crippen LogP contribution < -0.4 is 16.0 Å². The van der Waals surface area contributed by atoms with Crippen molar-refractivity contribution in [1.82, 2.24) is 20.9 Å². The molecule has 268 valence electrons. The van der Waals surface area contributed by atoms with Crippen molar-refractivity contribution in [3.8, 4) is 0 Å². The number of amides is 4. The largest absolute Gasteiger partial charge is 0.387 e. The third-order valence-electron chi connectivity index (χ3n) is 10.1. The number of Topliss-reactive ketones (excluding diaryl/α,β-unsaturated/α-hetero) is 1. The maximum Gasteiger partial charge on any atom is 0.289 e. The van der Waals surface area contributed by atoms with Crippen LogP contribution in [0.5, 0.6) is 0 Å². The molecule has 0 aromatic heterocycles. The summed E-state index contributed by atoms with van der Waals surface area (Å²) in [6.07, 6.45) is 5.85. The van der Waals surface area contributed by atoms with Crippen molar-refractivity contribution in [2.45, 2.75) is 128 Å². The number of ketones is 1. The zero-order valence-corrected chi connectivity index (χ0v) is 29.9. The molecule has 4 amide bonds. The smallest absolute Gasteiger partial charge is 0.289 e. The lowest BCUT2D eigenvalue weighted by Gasteiger charge is -2.37. The molecular weight excluding hydrogens is 650 g/mol. The van der Waals surface area contributed by atoms with E-state index in [1.807, 2.05) is 39.8 Å². The van der Waals surface area contributed by atoms with Crippen LogP contribution in [0.1, 0.15) is 97.5 Å². The predicted octanol–water partition coefficient (Wildman–Crippen LogP) is 3.67. The first-order valence-corrected chi connectivity index (χ1v) is 17.9. The molecule has 1 spiro atoms. The van der Waals surface area contributed by atoms with Gasteiger partial charge in [0.25, 0.3) is 5.91 Å². The summed E-state index contributed by atoms with van der Waals surface area (Å²) in [6.45, 7) is 7.52. The van der Waals surface area contributed by atoms with Gasteiger partial charge in [0.1, 0.15) is 12.1 Å². The predicted molar refractivity (Wildman–Crippen MR) is 184 cm³/mol. The summed E-state index contributed by atoms with van der Waals surface area (Å²) in [6, 6.07) is 4.18. The van der Waals surface area contributed by atoms with Crippen molar-refractivity contribution in [1.29, 1.82) is 0 Å². The van der Waals surface area contributed by atoms with Gasteiger partial charge in [0.05, 0.1) is 24.4 Å². The van der Waals surface area contributed by atoms with E-state index < -0.39 is 52.6 Å². The van der Waals surface area contributed by atoms with Gasteiger partial charge in [-0.3, -0.25) is 24.0 Å². The molecule has 1 aromatic rings. The molecule has 4 aliphatic rings. The number of likely N-dealkylation sites (tertiary alicyclic amines) is 1. The monoisotopic (exact) mass is 699 g/mol. The van der Waals surface area contributed by atoms with Gasteiger partial charge in [-0.05, 0) is 62.5 Å². The van der Waals surface area contributed by atoms with E-state index in [4.69, 9.17) is 21.2 Å². The highest BCUT2D eigenvalue weighted by Gasteiger charge is 2.56. The van der Waals surface area contributed by atoms with Crippen LogP contribution >= 0.6 is 11.6 Å². The van der Waals surface area contributed by atoms with E-state index in [1.54, 1.807) is 19.2 Å². The van der Waals surface area contributed by atoms with Crippen LogP contribution in [-0.4, -0.2) is 89.6 Å². The Hall–Kier alpha value is -3.51. The quantitative estimate of drug-likeness (QED) is 0.281. The Morgan fingerprint density at radius 1 is 1.06 bits per heavy atom. The summed E-state index contributed by atoms with van der Waals surface area (Å²) in [5.41, 5.74) is -0.311. The minimum Gasteiger partial charge on any atom is -0.387 e. The molecule has 1 saturated heterocycles. The zero-order valence-electron chi connectivity index (χ0n) is 29.2. The van der Waals surface area contributed by atoms with E-state index in [2.05, 4.69) is 21.1 Å². The average molecular weight is 700 g/mol.